The molecule has 0 bridgehead atoms. The summed E-state index contributed by atoms with van der Waals surface area (Å²) in [6, 6.07) is 12.1. The third-order valence-electron chi connectivity index (χ3n) is 3.95. The topological polar surface area (TPSA) is 61.4 Å². The van der Waals surface area contributed by atoms with E-state index in [9.17, 15) is 9.59 Å². The van der Waals surface area contributed by atoms with Crippen LogP contribution in [0, 0.1) is 5.41 Å². The Balaban J connectivity index is 2.07. The number of hydrogen-bond acceptors (Lipinski definition) is 3. The number of amides is 2. The van der Waals surface area contributed by atoms with E-state index in [0.717, 1.165) is 5.69 Å². The minimum atomic E-state index is -1.29. The summed E-state index contributed by atoms with van der Waals surface area (Å²) >= 11 is 11.8. The van der Waals surface area contributed by atoms with E-state index in [-0.39, 0.29) is 0 Å². The fraction of sp³-hybridized carbons (Fsp3) is 0.263. The molecule has 0 aliphatic carbocycles. The van der Waals surface area contributed by atoms with E-state index in [2.05, 4.69) is 10.6 Å². The second-order valence-electron chi connectivity index (χ2n) is 6.60. The third kappa shape index (κ3) is 4.68. The number of nitrogens with one attached hydrogen (secondary N) is 2. The maximum atomic E-state index is 12.6. The van der Waals surface area contributed by atoms with Gasteiger partial charge in [0.2, 0.25) is 11.8 Å². The maximum absolute atomic E-state index is 12.6. The Labute approximate surface area is 163 Å². The van der Waals surface area contributed by atoms with Gasteiger partial charge in [-0.2, -0.15) is 0 Å². The normalized spacial score (nSPS) is 11.0. The van der Waals surface area contributed by atoms with E-state index in [1.807, 2.05) is 31.1 Å². The molecule has 2 aromatic rings. The lowest BCUT2D eigenvalue weighted by Gasteiger charge is -2.23. The van der Waals surface area contributed by atoms with Gasteiger partial charge in [-0.05, 0) is 56.3 Å². The first-order chi connectivity index (χ1) is 12.1. The zero-order valence-corrected chi connectivity index (χ0v) is 16.6. The zero-order valence-electron chi connectivity index (χ0n) is 15.1. The van der Waals surface area contributed by atoms with Crippen molar-refractivity contribution in [2.75, 3.05) is 29.6 Å². The molecule has 2 amide bonds. The average Bonchev–Trinajstić information content (AvgIpc) is 2.58. The highest BCUT2D eigenvalue weighted by Gasteiger charge is 2.36. The molecule has 26 heavy (non-hydrogen) atoms. The summed E-state index contributed by atoms with van der Waals surface area (Å²) < 4.78 is 0. The molecule has 7 heteroatoms. The number of benzene rings is 2. The minimum Gasteiger partial charge on any atom is -0.378 e. The SMILES string of the molecule is CN(C)c1ccc(NC(=O)C(C)(C)C(=O)Nc2ccc(Cl)c(Cl)c2)cc1. The van der Waals surface area contributed by atoms with Crippen molar-refractivity contribution in [3.63, 3.8) is 0 Å². The molecule has 0 heterocycles. The van der Waals surface area contributed by atoms with Gasteiger partial charge in [-0.25, -0.2) is 0 Å². The van der Waals surface area contributed by atoms with E-state index < -0.39 is 17.2 Å². The van der Waals surface area contributed by atoms with Gasteiger partial charge in [0.05, 0.1) is 10.0 Å². The van der Waals surface area contributed by atoms with Crippen molar-refractivity contribution in [3.05, 3.63) is 52.5 Å². The van der Waals surface area contributed by atoms with Crippen LogP contribution in [0.25, 0.3) is 0 Å². The monoisotopic (exact) mass is 393 g/mol. The first-order valence-corrected chi connectivity index (χ1v) is 8.72. The smallest absolute Gasteiger partial charge is 0.239 e. The number of nitrogens with zero attached hydrogens (tertiary/aromatic N) is 1. The molecule has 2 rings (SSSR count). The van der Waals surface area contributed by atoms with Crippen molar-refractivity contribution >= 4 is 52.1 Å². The number of anilines is 3. The molecule has 0 saturated carbocycles. The molecule has 0 unspecified atom stereocenters. The Morgan fingerprint density at radius 2 is 1.35 bits per heavy atom. The molecule has 2 aromatic carbocycles. The van der Waals surface area contributed by atoms with Crippen LogP contribution in [0.2, 0.25) is 10.0 Å². The molecular formula is C19H21Cl2N3O2. The predicted molar refractivity (Wildman–Crippen MR) is 108 cm³/mol. The van der Waals surface area contributed by atoms with Gasteiger partial charge in [0, 0.05) is 31.2 Å². The number of halogens is 2. The molecule has 0 saturated heterocycles. The summed E-state index contributed by atoms with van der Waals surface area (Å²) in [5.74, 6) is -0.856. The standard InChI is InChI=1S/C19H21Cl2N3O2/c1-19(2,18(26)23-13-7-10-15(20)16(21)11-13)17(25)22-12-5-8-14(9-6-12)24(3)4/h5-11H,1-4H3,(H,22,25)(H,23,26). The molecule has 0 aliphatic rings. The molecule has 0 aliphatic heterocycles. The summed E-state index contributed by atoms with van der Waals surface area (Å²) in [4.78, 5) is 27.1. The molecule has 0 atom stereocenters. The van der Waals surface area contributed by atoms with Gasteiger partial charge in [0.1, 0.15) is 5.41 Å². The number of hydrogen-bond donors (Lipinski definition) is 2. The first-order valence-electron chi connectivity index (χ1n) is 7.96. The predicted octanol–water partition coefficient (Wildman–Crippen LogP) is 4.66. The van der Waals surface area contributed by atoms with Crippen molar-refractivity contribution in [3.8, 4) is 0 Å². The highest BCUT2D eigenvalue weighted by molar-refractivity contribution is 6.42. The summed E-state index contributed by atoms with van der Waals surface area (Å²) in [6.07, 6.45) is 0. The van der Waals surface area contributed by atoms with Crippen molar-refractivity contribution in [2.24, 2.45) is 5.41 Å². The van der Waals surface area contributed by atoms with Crippen LogP contribution in [0.1, 0.15) is 13.8 Å². The Bertz CT molecular complexity index is 818. The minimum absolute atomic E-state index is 0.327. The van der Waals surface area contributed by atoms with Crippen LogP contribution in [0.5, 0.6) is 0 Å². The quantitative estimate of drug-likeness (QED) is 0.725. The van der Waals surface area contributed by atoms with Crippen LogP contribution >= 0.6 is 23.2 Å². The summed E-state index contributed by atoms with van der Waals surface area (Å²) in [7, 11) is 3.87. The van der Waals surface area contributed by atoms with Gasteiger partial charge in [0.15, 0.2) is 0 Å². The van der Waals surface area contributed by atoms with Crippen LogP contribution in [0.4, 0.5) is 17.1 Å². The number of carbonyl (C=O) groups excluding carboxylic acids is 2. The highest BCUT2D eigenvalue weighted by Crippen LogP contribution is 2.27. The lowest BCUT2D eigenvalue weighted by atomic mass is 9.90. The maximum Gasteiger partial charge on any atom is 0.239 e. The summed E-state index contributed by atoms with van der Waals surface area (Å²) in [5.41, 5.74) is 0.822. The lowest BCUT2D eigenvalue weighted by Crippen LogP contribution is -2.41. The van der Waals surface area contributed by atoms with Gasteiger partial charge in [-0.3, -0.25) is 9.59 Å². The Morgan fingerprint density at radius 1 is 0.846 bits per heavy atom. The van der Waals surface area contributed by atoms with Gasteiger partial charge < -0.3 is 15.5 Å². The van der Waals surface area contributed by atoms with Crippen molar-refractivity contribution in [2.45, 2.75) is 13.8 Å². The van der Waals surface area contributed by atoms with Crippen LogP contribution in [0.15, 0.2) is 42.5 Å². The lowest BCUT2D eigenvalue weighted by molar-refractivity contribution is -0.135. The third-order valence-corrected chi connectivity index (χ3v) is 4.69. The Morgan fingerprint density at radius 3 is 1.85 bits per heavy atom. The number of rotatable bonds is 5. The van der Waals surface area contributed by atoms with Crippen LogP contribution in [-0.2, 0) is 9.59 Å². The summed E-state index contributed by atoms with van der Waals surface area (Å²) in [6.45, 7) is 3.12. The molecule has 0 fully saturated rings. The fourth-order valence-corrected chi connectivity index (χ4v) is 2.39. The van der Waals surface area contributed by atoms with Crippen LogP contribution in [-0.4, -0.2) is 25.9 Å². The fourth-order valence-electron chi connectivity index (χ4n) is 2.09. The average molecular weight is 394 g/mol. The van der Waals surface area contributed by atoms with E-state index in [1.165, 1.54) is 6.07 Å². The van der Waals surface area contributed by atoms with Gasteiger partial charge in [-0.15, -0.1) is 0 Å². The molecule has 0 aromatic heterocycles. The molecule has 0 radical (unpaired) electrons. The van der Waals surface area contributed by atoms with E-state index >= 15 is 0 Å². The Hall–Kier alpha value is -2.24. The largest absolute Gasteiger partial charge is 0.378 e. The summed E-state index contributed by atoms with van der Waals surface area (Å²) in [5, 5.41) is 6.18. The first kappa shape index (κ1) is 20.1. The molecule has 2 N–H and O–H groups in total. The van der Waals surface area contributed by atoms with Crippen molar-refractivity contribution in [1.29, 1.82) is 0 Å². The highest BCUT2D eigenvalue weighted by atomic mass is 35.5. The zero-order chi connectivity index (χ0) is 19.5. The molecule has 138 valence electrons. The van der Waals surface area contributed by atoms with Gasteiger partial charge >= 0.3 is 0 Å². The molecular weight excluding hydrogens is 373 g/mol. The van der Waals surface area contributed by atoms with E-state index in [1.54, 1.807) is 38.1 Å². The van der Waals surface area contributed by atoms with Crippen LogP contribution < -0.4 is 15.5 Å². The van der Waals surface area contributed by atoms with Crippen LogP contribution in [0.3, 0.4) is 0 Å². The molecule has 5 nitrogen and oxygen atoms in total. The van der Waals surface area contributed by atoms with E-state index in [0.29, 0.717) is 21.4 Å². The van der Waals surface area contributed by atoms with Gasteiger partial charge in [-0.1, -0.05) is 23.2 Å². The second-order valence-corrected chi connectivity index (χ2v) is 7.42. The number of carbonyl (C=O) groups is 2. The van der Waals surface area contributed by atoms with Crippen molar-refractivity contribution < 1.29 is 9.59 Å². The Kier molecular flexibility index (Phi) is 6.16. The molecule has 0 spiro atoms. The van der Waals surface area contributed by atoms with E-state index in [4.69, 9.17) is 23.2 Å². The second kappa shape index (κ2) is 7.98. The van der Waals surface area contributed by atoms with Crippen molar-refractivity contribution in [1.82, 2.24) is 0 Å². The van der Waals surface area contributed by atoms with Gasteiger partial charge in [0.25, 0.3) is 0 Å².